The molecular weight excluding hydrogens is 711 g/mol. The lowest BCUT2D eigenvalue weighted by Crippen LogP contribution is -2.45. The third kappa shape index (κ3) is 38.5. The van der Waals surface area contributed by atoms with Crippen LogP contribution in [0, 0.1) is 0 Å². The first-order chi connectivity index (χ1) is 26.4. The Labute approximate surface area is 336 Å². The summed E-state index contributed by atoms with van der Waals surface area (Å²) in [5, 5.41) is 23.2. The number of amides is 1. The van der Waals surface area contributed by atoms with E-state index in [0.717, 1.165) is 51.4 Å². The number of allylic oxidation sites excluding steroid dienone is 10. The number of hydrogen-bond donors (Lipinski definition) is 4. The van der Waals surface area contributed by atoms with E-state index in [-0.39, 0.29) is 31.6 Å². The lowest BCUT2D eigenvalue weighted by atomic mass is 10.0. The SMILES string of the molecule is CCCCCCCCCCCCCCC/C=C/[C@@H](O)[C@H](COP(=O)(O)OCC[N+](C)(C)C)NC(=O)CCC/C=C\C/C=C\C/C=C\C/C=C\C=C\[C@H](O)CC. The molecule has 0 saturated heterocycles. The molecule has 4 atom stereocenters. The Bertz CT molecular complexity index is 1140. The van der Waals surface area contributed by atoms with Gasteiger partial charge in [0.15, 0.2) is 0 Å². The summed E-state index contributed by atoms with van der Waals surface area (Å²) in [5.74, 6) is -0.249. The fourth-order valence-electron chi connectivity index (χ4n) is 5.50. The molecule has 55 heavy (non-hydrogen) atoms. The second-order valence-electron chi connectivity index (χ2n) is 15.5. The Morgan fingerprint density at radius 1 is 0.673 bits per heavy atom. The fraction of sp³-hybridized carbons (Fsp3) is 0.711. The van der Waals surface area contributed by atoms with Crippen LogP contribution in [0.3, 0.4) is 0 Å². The Morgan fingerprint density at radius 2 is 1.20 bits per heavy atom. The van der Waals surface area contributed by atoms with Gasteiger partial charge >= 0.3 is 7.82 Å². The van der Waals surface area contributed by atoms with E-state index >= 15 is 0 Å². The van der Waals surface area contributed by atoms with Crippen molar-refractivity contribution in [2.45, 2.75) is 167 Å². The van der Waals surface area contributed by atoms with E-state index in [0.29, 0.717) is 17.4 Å². The average Bonchev–Trinajstić information content (AvgIpc) is 3.13. The minimum atomic E-state index is -4.36. The molecule has 9 nitrogen and oxygen atoms in total. The molecule has 0 aliphatic rings. The summed E-state index contributed by atoms with van der Waals surface area (Å²) < 4.78 is 23.5. The van der Waals surface area contributed by atoms with E-state index in [1.165, 1.54) is 70.6 Å². The predicted molar refractivity (Wildman–Crippen MR) is 232 cm³/mol. The molecule has 1 amide bonds. The maximum absolute atomic E-state index is 12.8. The highest BCUT2D eigenvalue weighted by molar-refractivity contribution is 7.47. The molecule has 0 bridgehead atoms. The molecule has 0 spiro atoms. The molecule has 0 fully saturated rings. The van der Waals surface area contributed by atoms with Crippen molar-refractivity contribution >= 4 is 13.7 Å². The highest BCUT2D eigenvalue weighted by atomic mass is 31.2. The predicted octanol–water partition coefficient (Wildman–Crippen LogP) is 10.6. The number of nitrogens with zero attached hydrogens (tertiary/aromatic N) is 1. The number of aliphatic hydroxyl groups is 2. The van der Waals surface area contributed by atoms with Crippen LogP contribution in [-0.2, 0) is 18.4 Å². The van der Waals surface area contributed by atoms with Crippen LogP contribution in [0.25, 0.3) is 0 Å². The van der Waals surface area contributed by atoms with Crippen LogP contribution in [0.5, 0.6) is 0 Å². The lowest BCUT2D eigenvalue weighted by Gasteiger charge is -2.25. The molecule has 0 aromatic carbocycles. The summed E-state index contributed by atoms with van der Waals surface area (Å²) >= 11 is 0. The number of carbonyl (C=O) groups excluding carboxylic acids is 1. The molecule has 318 valence electrons. The molecule has 0 aliphatic heterocycles. The van der Waals surface area contributed by atoms with Gasteiger partial charge in [0.2, 0.25) is 5.91 Å². The second kappa shape index (κ2) is 36.3. The summed E-state index contributed by atoms with van der Waals surface area (Å²) in [5.41, 5.74) is 0. The van der Waals surface area contributed by atoms with Gasteiger partial charge in [0, 0.05) is 6.42 Å². The zero-order chi connectivity index (χ0) is 40.9. The molecule has 0 radical (unpaired) electrons. The van der Waals surface area contributed by atoms with E-state index < -0.39 is 20.0 Å². The van der Waals surface area contributed by atoms with Crippen LogP contribution in [-0.4, -0.2) is 84.6 Å². The normalized spacial score (nSPS) is 15.7. The van der Waals surface area contributed by atoms with Crippen LogP contribution in [0.4, 0.5) is 0 Å². The topological polar surface area (TPSA) is 125 Å². The summed E-state index contributed by atoms with van der Waals surface area (Å²) in [6, 6.07) is -0.889. The van der Waals surface area contributed by atoms with Gasteiger partial charge in [-0.15, -0.1) is 0 Å². The largest absolute Gasteiger partial charge is 0.472 e. The van der Waals surface area contributed by atoms with Crippen molar-refractivity contribution in [1.29, 1.82) is 0 Å². The maximum atomic E-state index is 12.8. The van der Waals surface area contributed by atoms with Gasteiger partial charge < -0.3 is 24.9 Å². The third-order valence-corrected chi connectivity index (χ3v) is 10.1. The Kier molecular flexibility index (Phi) is 34.9. The molecule has 0 aliphatic carbocycles. The smallest absolute Gasteiger partial charge is 0.389 e. The van der Waals surface area contributed by atoms with Gasteiger partial charge in [-0.1, -0.05) is 164 Å². The van der Waals surface area contributed by atoms with E-state index in [9.17, 15) is 24.5 Å². The van der Waals surface area contributed by atoms with Crippen molar-refractivity contribution in [3.05, 3.63) is 72.9 Å². The summed E-state index contributed by atoms with van der Waals surface area (Å²) in [6.07, 6.45) is 44.9. The van der Waals surface area contributed by atoms with Crippen LogP contribution in [0.2, 0.25) is 0 Å². The van der Waals surface area contributed by atoms with Crippen LogP contribution < -0.4 is 5.32 Å². The van der Waals surface area contributed by atoms with Crippen LogP contribution in [0.15, 0.2) is 72.9 Å². The molecule has 0 rings (SSSR count). The molecule has 10 heteroatoms. The number of aliphatic hydroxyl groups excluding tert-OH is 2. The summed E-state index contributed by atoms with van der Waals surface area (Å²) in [7, 11) is 1.50. The quantitative estimate of drug-likeness (QED) is 0.0162. The number of quaternary nitrogens is 1. The number of likely N-dealkylation sites (N-methyl/N-ethyl adjacent to an activating group) is 1. The van der Waals surface area contributed by atoms with Crippen molar-refractivity contribution in [2.24, 2.45) is 0 Å². The van der Waals surface area contributed by atoms with E-state index in [4.69, 9.17) is 9.05 Å². The third-order valence-electron chi connectivity index (χ3n) is 9.09. The van der Waals surface area contributed by atoms with Gasteiger partial charge in [-0.05, 0) is 51.4 Å². The van der Waals surface area contributed by atoms with Gasteiger partial charge in [-0.25, -0.2) is 4.57 Å². The second-order valence-corrected chi connectivity index (χ2v) is 17.0. The molecule has 0 aromatic heterocycles. The van der Waals surface area contributed by atoms with Crippen LogP contribution >= 0.6 is 7.82 Å². The van der Waals surface area contributed by atoms with Crippen LogP contribution in [0.1, 0.15) is 149 Å². The first-order valence-electron chi connectivity index (χ1n) is 21.4. The van der Waals surface area contributed by atoms with Gasteiger partial charge in [0.25, 0.3) is 0 Å². The highest BCUT2D eigenvalue weighted by Gasteiger charge is 2.27. The summed E-state index contributed by atoms with van der Waals surface area (Å²) in [6.45, 7) is 4.41. The average molecular weight is 794 g/mol. The van der Waals surface area contributed by atoms with Gasteiger partial charge in [0.1, 0.15) is 13.2 Å². The number of hydrogen-bond acceptors (Lipinski definition) is 6. The monoisotopic (exact) mass is 794 g/mol. The maximum Gasteiger partial charge on any atom is 0.472 e. The Morgan fingerprint density at radius 3 is 1.76 bits per heavy atom. The van der Waals surface area contributed by atoms with E-state index in [1.807, 2.05) is 46.3 Å². The zero-order valence-electron chi connectivity index (χ0n) is 35.5. The highest BCUT2D eigenvalue weighted by Crippen LogP contribution is 2.43. The first kappa shape index (κ1) is 52.9. The summed E-state index contributed by atoms with van der Waals surface area (Å²) in [4.78, 5) is 23.1. The van der Waals surface area contributed by atoms with Crippen molar-refractivity contribution in [3.63, 3.8) is 0 Å². The zero-order valence-corrected chi connectivity index (χ0v) is 36.4. The molecule has 4 N–H and O–H groups in total. The molecule has 0 aromatic rings. The molecular formula is C45H82N2O7P+. The van der Waals surface area contributed by atoms with Crippen molar-refractivity contribution < 1.29 is 38.0 Å². The van der Waals surface area contributed by atoms with Gasteiger partial charge in [-0.3, -0.25) is 13.8 Å². The van der Waals surface area contributed by atoms with Crippen molar-refractivity contribution in [3.8, 4) is 0 Å². The Balaban J connectivity index is 4.60. The molecule has 0 saturated carbocycles. The van der Waals surface area contributed by atoms with E-state index in [2.05, 4.69) is 54.8 Å². The lowest BCUT2D eigenvalue weighted by molar-refractivity contribution is -0.870. The van der Waals surface area contributed by atoms with Gasteiger partial charge in [0.05, 0.1) is 46.0 Å². The number of unbranched alkanes of at least 4 members (excludes halogenated alkanes) is 14. The molecule has 1 unspecified atom stereocenters. The number of phosphoric ester groups is 1. The van der Waals surface area contributed by atoms with E-state index in [1.54, 1.807) is 12.2 Å². The Hall–Kier alpha value is -2.10. The van der Waals surface area contributed by atoms with Gasteiger partial charge in [-0.2, -0.15) is 0 Å². The number of nitrogens with one attached hydrogen (secondary N) is 1. The standard InChI is InChI=1S/C45H81N2O7P/c1-6-8-9-10-11-12-13-14-15-19-22-25-28-31-34-37-44(49)43(41-54-55(51,52)53-40-39-47(3,4)5)46-45(50)38-35-32-29-26-23-20-17-16-18-21-24-27-30-33-36-42(48)7-2/h17-18,20-21,26-27,29-30,33-34,36-37,42-44,48-49H,6-16,19,22-25,28,31-32,35,38-41H2,1-5H3,(H-,46,50,51,52)/p+1/b20-17-,21-18-,29-26-,30-27-,36-33+,37-34+/t42-,43+,44-/m1/s1. The fourth-order valence-corrected chi connectivity index (χ4v) is 6.23. The minimum Gasteiger partial charge on any atom is -0.389 e. The van der Waals surface area contributed by atoms with Crippen molar-refractivity contribution in [2.75, 3.05) is 40.9 Å². The number of carbonyl (C=O) groups is 1. The van der Waals surface area contributed by atoms with Crippen molar-refractivity contribution in [1.82, 2.24) is 5.32 Å². The number of phosphoric acid groups is 1. The molecule has 0 heterocycles. The minimum absolute atomic E-state index is 0.0408. The number of rotatable bonds is 37. The first-order valence-corrected chi connectivity index (χ1v) is 22.9.